The van der Waals surface area contributed by atoms with Crippen LogP contribution >= 0.6 is 11.3 Å². The average molecular weight is 595 g/mol. The fourth-order valence-electron chi connectivity index (χ4n) is 7.47. The van der Waals surface area contributed by atoms with Crippen LogP contribution < -0.4 is 0 Å². The van der Waals surface area contributed by atoms with Gasteiger partial charge in [0.15, 0.2) is 5.82 Å². The van der Waals surface area contributed by atoms with Gasteiger partial charge in [-0.1, -0.05) is 105 Å². The van der Waals surface area contributed by atoms with Crippen molar-refractivity contribution in [1.29, 1.82) is 0 Å². The van der Waals surface area contributed by atoms with Crippen molar-refractivity contribution in [2.45, 2.75) is 19.3 Å². The summed E-state index contributed by atoms with van der Waals surface area (Å²) in [6.45, 7) is 4.61. The Bertz CT molecular complexity index is 2690. The van der Waals surface area contributed by atoms with E-state index >= 15 is 0 Å². The molecule has 3 aromatic heterocycles. The molecule has 10 rings (SSSR count). The molecule has 0 spiro atoms. The maximum absolute atomic E-state index is 6.78. The summed E-state index contributed by atoms with van der Waals surface area (Å²) in [5, 5.41) is 5.83. The number of aromatic nitrogens is 2. The topological polar surface area (TPSA) is 38.9 Å². The molecule has 0 fully saturated rings. The molecule has 0 saturated heterocycles. The van der Waals surface area contributed by atoms with Crippen LogP contribution in [-0.4, -0.2) is 9.97 Å². The Hall–Kier alpha value is -5.32. The Kier molecular flexibility index (Phi) is 4.94. The molecule has 6 aromatic carbocycles. The Balaban J connectivity index is 1.20. The van der Waals surface area contributed by atoms with Crippen molar-refractivity contribution in [3.63, 3.8) is 0 Å². The van der Waals surface area contributed by atoms with Gasteiger partial charge in [-0.3, -0.25) is 0 Å². The maximum Gasteiger partial charge on any atom is 0.160 e. The first-order chi connectivity index (χ1) is 22.0. The summed E-state index contributed by atoms with van der Waals surface area (Å²) >= 11 is 1.76. The highest BCUT2D eigenvalue weighted by atomic mass is 32.1. The smallest absolute Gasteiger partial charge is 0.160 e. The fourth-order valence-corrected chi connectivity index (χ4v) is 8.63. The number of nitrogens with zero attached hydrogens (tertiary/aromatic N) is 2. The lowest BCUT2D eigenvalue weighted by Gasteiger charge is -2.21. The molecule has 0 aliphatic heterocycles. The molecule has 0 radical (unpaired) electrons. The second kappa shape index (κ2) is 8.87. The third kappa shape index (κ3) is 3.46. The first kappa shape index (κ1) is 25.1. The number of furan rings is 1. The van der Waals surface area contributed by atoms with Gasteiger partial charge < -0.3 is 4.42 Å². The van der Waals surface area contributed by atoms with E-state index in [4.69, 9.17) is 14.4 Å². The van der Waals surface area contributed by atoms with Crippen molar-refractivity contribution in [2.24, 2.45) is 0 Å². The summed E-state index contributed by atoms with van der Waals surface area (Å²) in [7, 11) is 0. The minimum atomic E-state index is -0.148. The van der Waals surface area contributed by atoms with E-state index < -0.39 is 0 Å². The summed E-state index contributed by atoms with van der Waals surface area (Å²) in [5.74, 6) is 0.703. The molecule has 0 unspecified atom stereocenters. The highest BCUT2D eigenvalue weighted by Gasteiger charge is 2.38. The molecule has 0 atom stereocenters. The average Bonchev–Trinajstić information content (AvgIpc) is 3.71. The van der Waals surface area contributed by atoms with Crippen molar-refractivity contribution >= 4 is 64.4 Å². The lowest BCUT2D eigenvalue weighted by molar-refractivity contribution is 0.620. The standard InChI is InChI=1S/C41H26N2OS/c1-41(2)32-13-7-5-11-27(32)29-19-20-30-28-18-17-26(22-33(28)44-38(30)35(29)41)40-42-36(25-16-15-23-9-3-4-10-24(23)21-25)39-37(43-40)31-12-6-8-14-34(31)45-39/h3-22H,1-2H3. The van der Waals surface area contributed by atoms with E-state index in [0.29, 0.717) is 5.82 Å². The molecule has 9 aromatic rings. The van der Waals surface area contributed by atoms with Crippen LogP contribution in [0.25, 0.3) is 86.8 Å². The predicted molar refractivity (Wildman–Crippen MR) is 188 cm³/mol. The van der Waals surface area contributed by atoms with Gasteiger partial charge in [0.05, 0.1) is 15.9 Å². The van der Waals surface area contributed by atoms with E-state index in [1.807, 2.05) is 0 Å². The molecular weight excluding hydrogens is 569 g/mol. The second-order valence-electron chi connectivity index (χ2n) is 12.6. The van der Waals surface area contributed by atoms with Crippen LogP contribution in [0.15, 0.2) is 126 Å². The van der Waals surface area contributed by atoms with Crippen molar-refractivity contribution in [3.05, 3.63) is 132 Å². The van der Waals surface area contributed by atoms with Gasteiger partial charge in [0.1, 0.15) is 11.2 Å². The normalized spacial score (nSPS) is 13.7. The third-order valence-electron chi connectivity index (χ3n) is 9.66. The van der Waals surface area contributed by atoms with Crippen LogP contribution in [-0.2, 0) is 5.41 Å². The minimum Gasteiger partial charge on any atom is -0.456 e. The van der Waals surface area contributed by atoms with E-state index in [0.717, 1.165) is 54.4 Å². The third-order valence-corrected chi connectivity index (χ3v) is 10.8. The largest absolute Gasteiger partial charge is 0.456 e. The van der Waals surface area contributed by atoms with E-state index in [1.165, 1.54) is 37.7 Å². The first-order valence-electron chi connectivity index (χ1n) is 15.3. The zero-order chi connectivity index (χ0) is 29.9. The van der Waals surface area contributed by atoms with Crippen LogP contribution in [0.1, 0.15) is 25.0 Å². The van der Waals surface area contributed by atoms with Gasteiger partial charge in [0.2, 0.25) is 0 Å². The lowest BCUT2D eigenvalue weighted by atomic mass is 9.82. The van der Waals surface area contributed by atoms with Crippen LogP contribution in [0, 0.1) is 0 Å². The van der Waals surface area contributed by atoms with Crippen LogP contribution in [0.4, 0.5) is 0 Å². The highest BCUT2D eigenvalue weighted by Crippen LogP contribution is 2.52. The summed E-state index contributed by atoms with van der Waals surface area (Å²) in [5.41, 5.74) is 10.8. The van der Waals surface area contributed by atoms with Gasteiger partial charge in [0, 0.05) is 43.0 Å². The lowest BCUT2D eigenvalue weighted by Crippen LogP contribution is -2.15. The van der Waals surface area contributed by atoms with Crippen molar-refractivity contribution in [2.75, 3.05) is 0 Å². The molecule has 45 heavy (non-hydrogen) atoms. The second-order valence-corrected chi connectivity index (χ2v) is 13.6. The van der Waals surface area contributed by atoms with Crippen molar-refractivity contribution < 1.29 is 4.42 Å². The summed E-state index contributed by atoms with van der Waals surface area (Å²) in [6.07, 6.45) is 0. The van der Waals surface area contributed by atoms with Gasteiger partial charge in [0.25, 0.3) is 0 Å². The number of thiophene rings is 1. The molecule has 1 aliphatic rings. The Morgan fingerprint density at radius 2 is 1.40 bits per heavy atom. The van der Waals surface area contributed by atoms with Crippen LogP contribution in [0.2, 0.25) is 0 Å². The number of fused-ring (bicyclic) bond motifs is 11. The monoisotopic (exact) mass is 594 g/mol. The highest BCUT2D eigenvalue weighted by molar-refractivity contribution is 7.26. The molecule has 3 nitrogen and oxygen atoms in total. The van der Waals surface area contributed by atoms with E-state index in [-0.39, 0.29) is 5.41 Å². The molecule has 4 heteroatoms. The number of benzene rings is 6. The number of hydrogen-bond donors (Lipinski definition) is 0. The molecule has 212 valence electrons. The van der Waals surface area contributed by atoms with Gasteiger partial charge >= 0.3 is 0 Å². The van der Waals surface area contributed by atoms with Crippen molar-refractivity contribution in [3.8, 4) is 33.8 Å². The number of rotatable bonds is 2. The van der Waals surface area contributed by atoms with Crippen LogP contribution in [0.5, 0.6) is 0 Å². The zero-order valence-electron chi connectivity index (χ0n) is 24.8. The van der Waals surface area contributed by atoms with Gasteiger partial charge in [-0.25, -0.2) is 9.97 Å². The van der Waals surface area contributed by atoms with Crippen molar-refractivity contribution in [1.82, 2.24) is 9.97 Å². The van der Waals surface area contributed by atoms with E-state index in [2.05, 4.69) is 135 Å². The van der Waals surface area contributed by atoms with E-state index in [9.17, 15) is 0 Å². The Morgan fingerprint density at radius 1 is 0.622 bits per heavy atom. The quantitative estimate of drug-likeness (QED) is 0.200. The summed E-state index contributed by atoms with van der Waals surface area (Å²) < 4.78 is 9.10. The van der Waals surface area contributed by atoms with Crippen LogP contribution in [0.3, 0.4) is 0 Å². The maximum atomic E-state index is 6.78. The Morgan fingerprint density at radius 3 is 2.33 bits per heavy atom. The fraction of sp³-hybridized carbons (Fsp3) is 0.0732. The predicted octanol–water partition coefficient (Wildman–Crippen LogP) is 11.5. The minimum absolute atomic E-state index is 0.148. The molecule has 0 bridgehead atoms. The number of hydrogen-bond acceptors (Lipinski definition) is 4. The summed E-state index contributed by atoms with van der Waals surface area (Å²) in [4.78, 5) is 10.5. The molecule has 0 saturated carbocycles. The SMILES string of the molecule is CC1(C)c2ccccc2-c2ccc3c(oc4cc(-c5nc(-c6ccc7ccccc7c6)c6sc7ccccc7c6n5)ccc43)c21. The van der Waals surface area contributed by atoms with Gasteiger partial charge in [-0.15, -0.1) is 11.3 Å². The molecule has 3 heterocycles. The molecule has 0 amide bonds. The molecule has 1 aliphatic carbocycles. The molecule has 0 N–H and O–H groups in total. The Labute approximate surface area is 263 Å². The van der Waals surface area contributed by atoms with Gasteiger partial charge in [-0.05, 0) is 57.8 Å². The first-order valence-corrected chi connectivity index (χ1v) is 16.1. The zero-order valence-corrected chi connectivity index (χ0v) is 25.6. The summed E-state index contributed by atoms with van der Waals surface area (Å²) in [6, 6.07) is 43.3. The van der Waals surface area contributed by atoms with Gasteiger partial charge in [-0.2, -0.15) is 0 Å². The molecular formula is C41H26N2OS. The van der Waals surface area contributed by atoms with E-state index in [1.54, 1.807) is 11.3 Å².